The molecule has 0 amide bonds. The van der Waals surface area contributed by atoms with Gasteiger partial charge in [-0.15, -0.1) is 0 Å². The molecule has 1 aromatic heterocycles. The summed E-state index contributed by atoms with van der Waals surface area (Å²) in [6.45, 7) is -0.459. The molecule has 1 aliphatic heterocycles. The molecule has 0 unspecified atom stereocenters. The van der Waals surface area contributed by atoms with Gasteiger partial charge in [-0.1, -0.05) is 0 Å². The van der Waals surface area contributed by atoms with Gasteiger partial charge in [0, 0.05) is 6.20 Å². The van der Waals surface area contributed by atoms with Crippen LogP contribution in [0.4, 0.5) is 14.6 Å². The van der Waals surface area contributed by atoms with Crippen LogP contribution in [0.3, 0.4) is 0 Å². The van der Waals surface area contributed by atoms with Crippen LogP contribution in [-0.2, 0) is 23.6 Å². The van der Waals surface area contributed by atoms with Gasteiger partial charge in [0.15, 0.2) is 0 Å². The van der Waals surface area contributed by atoms with Crippen LogP contribution in [0.25, 0.3) is 0 Å². The third kappa shape index (κ3) is 3.68. The SMILES string of the molecule is Nc1ccn([C@H]2O[C@@H](CO[B]C=O)[C@H](O[B]C=O)C2(F)F)c(=O)n1. The number of aromatic nitrogens is 2. The van der Waals surface area contributed by atoms with E-state index in [1.165, 1.54) is 0 Å². The van der Waals surface area contributed by atoms with Crippen LogP contribution >= 0.6 is 0 Å². The summed E-state index contributed by atoms with van der Waals surface area (Å²) in [6, 6.07) is 1.15. The Labute approximate surface area is 135 Å². The average Bonchev–Trinajstić information content (AvgIpc) is 2.76. The number of nitrogens with zero attached hydrogens (tertiary/aromatic N) is 2. The van der Waals surface area contributed by atoms with E-state index in [2.05, 4.69) is 4.98 Å². The molecule has 0 aliphatic carbocycles. The maximum atomic E-state index is 14.6. The van der Waals surface area contributed by atoms with Gasteiger partial charge in [-0.2, -0.15) is 13.8 Å². The fourth-order valence-corrected chi connectivity index (χ4v) is 2.18. The molecular weight excluding hydrogens is 330 g/mol. The highest BCUT2D eigenvalue weighted by molar-refractivity contribution is 6.61. The summed E-state index contributed by atoms with van der Waals surface area (Å²) in [7, 11) is 1.27. The maximum Gasteiger partial charge on any atom is 0.371 e. The molecule has 13 heteroatoms. The molecular formula is C11H11B2F2N3O6. The van der Waals surface area contributed by atoms with Crippen molar-refractivity contribution in [2.75, 3.05) is 12.3 Å². The number of anilines is 1. The summed E-state index contributed by atoms with van der Waals surface area (Å²) in [5, 5.41) is 0. The van der Waals surface area contributed by atoms with E-state index in [-0.39, 0.29) is 12.0 Å². The molecule has 24 heavy (non-hydrogen) atoms. The molecule has 2 radical (unpaired) electrons. The highest BCUT2D eigenvalue weighted by atomic mass is 19.3. The summed E-state index contributed by atoms with van der Waals surface area (Å²) in [5.41, 5.74) is 4.27. The highest BCUT2D eigenvalue weighted by Crippen LogP contribution is 2.43. The second-order valence-electron chi connectivity index (χ2n) is 4.68. The lowest BCUT2D eigenvalue weighted by Crippen LogP contribution is -2.44. The normalized spacial score (nSPS) is 25.2. The Bertz CT molecular complexity index is 661. The Hall–Kier alpha value is -2.11. The third-order valence-corrected chi connectivity index (χ3v) is 3.15. The largest absolute Gasteiger partial charge is 0.429 e. The zero-order chi connectivity index (χ0) is 17.7. The number of nitrogens with two attached hydrogens (primary N) is 1. The van der Waals surface area contributed by atoms with Crippen molar-refractivity contribution in [1.82, 2.24) is 9.55 Å². The fourth-order valence-electron chi connectivity index (χ4n) is 2.18. The number of nitrogen functional groups attached to an aromatic ring is 1. The predicted octanol–water partition coefficient (Wildman–Crippen LogP) is -1.62. The Balaban J connectivity index is 2.29. The first-order valence-electron chi connectivity index (χ1n) is 6.60. The van der Waals surface area contributed by atoms with Crippen molar-refractivity contribution in [2.45, 2.75) is 24.4 Å². The first-order chi connectivity index (χ1) is 11.4. The minimum atomic E-state index is -3.70. The van der Waals surface area contributed by atoms with Gasteiger partial charge in [0.25, 0.3) is 0 Å². The Morgan fingerprint density at radius 1 is 1.42 bits per heavy atom. The Kier molecular flexibility index (Phi) is 5.80. The predicted molar refractivity (Wildman–Crippen MR) is 77.6 cm³/mol. The lowest BCUT2D eigenvalue weighted by Gasteiger charge is -2.24. The quantitative estimate of drug-likeness (QED) is 0.340. The first kappa shape index (κ1) is 18.2. The molecule has 2 heterocycles. The van der Waals surface area contributed by atoms with Crippen molar-refractivity contribution in [2.24, 2.45) is 0 Å². The zero-order valence-electron chi connectivity index (χ0n) is 12.1. The van der Waals surface area contributed by atoms with Gasteiger partial charge in [0.2, 0.25) is 6.23 Å². The van der Waals surface area contributed by atoms with E-state index in [1.54, 1.807) is 0 Å². The number of hydrogen-bond acceptors (Lipinski definition) is 8. The molecule has 0 aromatic carbocycles. The number of carbonyl (C=O) groups excluding carboxylic acids is 2. The number of rotatable bonds is 8. The zero-order valence-corrected chi connectivity index (χ0v) is 12.1. The minimum absolute atomic E-state index is 0.139. The Morgan fingerprint density at radius 3 is 2.75 bits per heavy atom. The average molecular weight is 341 g/mol. The van der Waals surface area contributed by atoms with Gasteiger partial charge in [-0.05, 0) is 6.07 Å². The van der Waals surface area contributed by atoms with Crippen LogP contribution in [0.15, 0.2) is 17.1 Å². The Morgan fingerprint density at radius 2 is 2.12 bits per heavy atom. The molecule has 0 spiro atoms. The summed E-state index contributed by atoms with van der Waals surface area (Å²) >= 11 is 0. The van der Waals surface area contributed by atoms with Gasteiger partial charge in [0.1, 0.15) is 30.4 Å². The van der Waals surface area contributed by atoms with Crippen LogP contribution in [0.1, 0.15) is 6.23 Å². The van der Waals surface area contributed by atoms with Gasteiger partial charge in [-0.3, -0.25) is 4.57 Å². The van der Waals surface area contributed by atoms with Crippen molar-refractivity contribution in [3.8, 4) is 0 Å². The van der Waals surface area contributed by atoms with E-state index in [4.69, 9.17) is 19.8 Å². The second kappa shape index (κ2) is 7.64. The molecule has 9 nitrogen and oxygen atoms in total. The lowest BCUT2D eigenvalue weighted by molar-refractivity contribution is -0.136. The van der Waals surface area contributed by atoms with Crippen molar-refractivity contribution >= 4 is 33.2 Å². The van der Waals surface area contributed by atoms with Crippen molar-refractivity contribution in [1.29, 1.82) is 0 Å². The number of halogens is 2. The van der Waals surface area contributed by atoms with Gasteiger partial charge < -0.3 is 29.4 Å². The molecule has 0 bridgehead atoms. The molecule has 2 N–H and O–H groups in total. The van der Waals surface area contributed by atoms with E-state index in [9.17, 15) is 23.2 Å². The smallest absolute Gasteiger partial charge is 0.371 e. The monoisotopic (exact) mass is 341 g/mol. The fraction of sp³-hybridized carbons (Fsp3) is 0.455. The number of carbonyl (C=O) groups is 2. The van der Waals surface area contributed by atoms with Crippen molar-refractivity contribution < 1.29 is 32.4 Å². The standard InChI is InChI=1S/C11H11B2F2N3O6/c14-11(15)8(24-13-5-20)6(3-22-12-4-19)23-9(11)18-2-1-7(16)17-10(18)21/h1-2,4-6,8-9H,3H2,(H2,16,17,21)/t6-,8-,9-/m0/s1. The van der Waals surface area contributed by atoms with E-state index in [0.717, 1.165) is 19.7 Å². The topological polar surface area (TPSA) is 123 Å². The van der Waals surface area contributed by atoms with Crippen LogP contribution < -0.4 is 11.4 Å². The van der Waals surface area contributed by atoms with Gasteiger partial charge in [0.05, 0.1) is 6.61 Å². The van der Waals surface area contributed by atoms with Crippen LogP contribution in [0.2, 0.25) is 0 Å². The minimum Gasteiger partial charge on any atom is -0.429 e. The van der Waals surface area contributed by atoms with Crippen molar-refractivity contribution in [3.05, 3.63) is 22.7 Å². The molecule has 1 aromatic rings. The summed E-state index contributed by atoms with van der Waals surface area (Å²) in [6.07, 6.45) is -3.83. The third-order valence-electron chi connectivity index (χ3n) is 3.15. The molecule has 1 saturated heterocycles. The number of ether oxygens (including phenoxy) is 1. The summed E-state index contributed by atoms with van der Waals surface area (Å²) in [5.74, 6) is -3.84. The summed E-state index contributed by atoms with van der Waals surface area (Å²) < 4.78 is 44.3. The summed E-state index contributed by atoms with van der Waals surface area (Å²) in [4.78, 5) is 35.7. The van der Waals surface area contributed by atoms with Crippen molar-refractivity contribution in [3.63, 3.8) is 0 Å². The van der Waals surface area contributed by atoms with E-state index >= 15 is 0 Å². The maximum absolute atomic E-state index is 14.6. The van der Waals surface area contributed by atoms with E-state index in [1.807, 2.05) is 0 Å². The van der Waals surface area contributed by atoms with Crippen LogP contribution in [0.5, 0.6) is 0 Å². The molecule has 2 rings (SSSR count). The lowest BCUT2D eigenvalue weighted by atomic mass is 10.0. The highest BCUT2D eigenvalue weighted by Gasteiger charge is 2.60. The molecule has 0 saturated carbocycles. The molecule has 3 atom stereocenters. The molecule has 1 fully saturated rings. The molecule has 126 valence electrons. The number of hydrogen-bond donors (Lipinski definition) is 1. The van der Waals surface area contributed by atoms with E-state index in [0.29, 0.717) is 18.2 Å². The van der Waals surface area contributed by atoms with E-state index < -0.39 is 36.7 Å². The molecule has 1 aliphatic rings. The van der Waals surface area contributed by atoms with Gasteiger partial charge in [-0.25, -0.2) is 4.79 Å². The van der Waals surface area contributed by atoms with Crippen LogP contribution in [-0.4, -0.2) is 61.6 Å². The van der Waals surface area contributed by atoms with Crippen LogP contribution in [0, 0.1) is 0 Å². The first-order valence-corrected chi connectivity index (χ1v) is 6.60. The second-order valence-corrected chi connectivity index (χ2v) is 4.68. The number of alkyl halides is 2. The van der Waals surface area contributed by atoms with Gasteiger partial charge >= 0.3 is 26.6 Å².